The number of carbonyl (C=O) groups is 2. The summed E-state index contributed by atoms with van der Waals surface area (Å²) in [5, 5.41) is 8.71. The molecule has 1 amide bonds. The molecule has 1 N–H and O–H groups in total. The van der Waals surface area contributed by atoms with Gasteiger partial charge in [0.1, 0.15) is 6.04 Å². The molecule has 0 radical (unpaired) electrons. The lowest BCUT2D eigenvalue weighted by Gasteiger charge is -2.18. The maximum absolute atomic E-state index is 13.0. The zero-order valence-electron chi connectivity index (χ0n) is 23.1. The molecule has 198 valence electrons. The molecule has 0 saturated carbocycles. The van der Waals surface area contributed by atoms with E-state index in [-0.39, 0.29) is 18.9 Å². The van der Waals surface area contributed by atoms with Gasteiger partial charge in [-0.1, -0.05) is 36.4 Å². The third-order valence-corrected chi connectivity index (χ3v) is 7.10. The molecule has 0 spiro atoms. The lowest BCUT2D eigenvalue weighted by atomic mass is 9.99. The highest BCUT2D eigenvalue weighted by Crippen LogP contribution is 2.28. The van der Waals surface area contributed by atoms with Crippen LogP contribution in [0.1, 0.15) is 52.5 Å². The average molecular weight is 513 g/mol. The first-order chi connectivity index (χ1) is 18.2. The Hall–Kier alpha value is -4.00. The van der Waals surface area contributed by atoms with Crippen molar-refractivity contribution in [3.63, 3.8) is 0 Å². The molecule has 2 heterocycles. The number of esters is 1. The minimum atomic E-state index is -0.730. The van der Waals surface area contributed by atoms with E-state index in [0.717, 1.165) is 44.8 Å². The summed E-state index contributed by atoms with van der Waals surface area (Å²) in [6.45, 7) is 12.3. The molecule has 38 heavy (non-hydrogen) atoms. The highest BCUT2D eigenvalue weighted by Gasteiger charge is 2.23. The van der Waals surface area contributed by atoms with Crippen LogP contribution in [0.2, 0.25) is 0 Å². The number of carbonyl (C=O) groups excluding carboxylic acids is 2. The Morgan fingerprint density at radius 3 is 2.39 bits per heavy atom. The van der Waals surface area contributed by atoms with Crippen LogP contribution in [0, 0.1) is 34.6 Å². The molecule has 0 bridgehead atoms. The summed E-state index contributed by atoms with van der Waals surface area (Å²) in [5.41, 5.74) is 9.09. The number of fused-ring (bicyclic) bond motifs is 1. The van der Waals surface area contributed by atoms with E-state index in [1.807, 2.05) is 48.9 Å². The van der Waals surface area contributed by atoms with Crippen molar-refractivity contribution in [1.29, 1.82) is 0 Å². The maximum Gasteiger partial charge on any atom is 0.328 e. The number of aromatic nitrogens is 3. The first kappa shape index (κ1) is 27.0. The largest absolute Gasteiger partial charge is 0.464 e. The van der Waals surface area contributed by atoms with E-state index < -0.39 is 12.0 Å². The number of aryl methyl sites for hydroxylation is 5. The normalized spacial score (nSPS) is 11.9. The van der Waals surface area contributed by atoms with Gasteiger partial charge in [0.05, 0.1) is 18.0 Å². The van der Waals surface area contributed by atoms with Gasteiger partial charge in [-0.25, -0.2) is 14.5 Å². The Bertz CT molecular complexity index is 1470. The van der Waals surface area contributed by atoms with Crippen LogP contribution >= 0.6 is 0 Å². The van der Waals surface area contributed by atoms with E-state index >= 15 is 0 Å². The highest BCUT2D eigenvalue weighted by molar-refractivity contribution is 5.86. The molecule has 0 aliphatic heterocycles. The fourth-order valence-electron chi connectivity index (χ4n) is 4.90. The average Bonchev–Trinajstić information content (AvgIpc) is 3.21. The van der Waals surface area contributed by atoms with E-state index in [0.29, 0.717) is 12.8 Å². The van der Waals surface area contributed by atoms with Gasteiger partial charge in [-0.05, 0) is 87.9 Å². The number of benzene rings is 2. The van der Waals surface area contributed by atoms with Crippen LogP contribution in [0.15, 0.2) is 48.5 Å². The number of ether oxygens (including phenoxy) is 1. The van der Waals surface area contributed by atoms with Gasteiger partial charge in [-0.2, -0.15) is 5.10 Å². The summed E-state index contributed by atoms with van der Waals surface area (Å²) in [5.74, 6) is -0.616. The summed E-state index contributed by atoms with van der Waals surface area (Å²) < 4.78 is 7.12. The van der Waals surface area contributed by atoms with Gasteiger partial charge < -0.3 is 10.1 Å². The summed E-state index contributed by atoms with van der Waals surface area (Å²) in [6, 6.07) is 15.2. The molecular formula is C31H36N4O3. The Balaban J connectivity index is 1.54. The minimum Gasteiger partial charge on any atom is -0.464 e. The van der Waals surface area contributed by atoms with Gasteiger partial charge in [0, 0.05) is 23.9 Å². The smallest absolute Gasteiger partial charge is 0.328 e. The molecule has 4 rings (SSSR count). The molecule has 7 heteroatoms. The van der Waals surface area contributed by atoms with Crippen molar-refractivity contribution in [2.45, 2.75) is 66.8 Å². The first-order valence-corrected chi connectivity index (χ1v) is 13.1. The molecular weight excluding hydrogens is 476 g/mol. The summed E-state index contributed by atoms with van der Waals surface area (Å²) in [7, 11) is 0. The number of nitrogens with zero attached hydrogens (tertiary/aromatic N) is 3. The van der Waals surface area contributed by atoms with E-state index in [2.05, 4.69) is 44.3 Å². The molecule has 4 aromatic rings. The van der Waals surface area contributed by atoms with Gasteiger partial charge in [0.25, 0.3) is 0 Å². The molecule has 2 aromatic heterocycles. The number of amides is 1. The zero-order chi connectivity index (χ0) is 27.4. The molecule has 0 saturated heterocycles. The number of rotatable bonds is 9. The van der Waals surface area contributed by atoms with Crippen molar-refractivity contribution in [2.24, 2.45) is 0 Å². The summed E-state index contributed by atoms with van der Waals surface area (Å²) in [4.78, 5) is 30.5. The molecule has 2 aromatic carbocycles. The third kappa shape index (κ3) is 5.77. The number of hydrogen-bond acceptors (Lipinski definition) is 5. The summed E-state index contributed by atoms with van der Waals surface area (Å²) in [6.07, 6.45) is 1.14. The highest BCUT2D eigenvalue weighted by atomic mass is 16.5. The molecule has 0 aliphatic carbocycles. The lowest BCUT2D eigenvalue weighted by Crippen LogP contribution is -2.43. The van der Waals surface area contributed by atoms with Crippen LogP contribution in [0.25, 0.3) is 16.7 Å². The Morgan fingerprint density at radius 2 is 1.71 bits per heavy atom. The second-order valence-corrected chi connectivity index (χ2v) is 9.83. The SMILES string of the molecule is CCOC(=O)[C@H](Cc1ccccc1)NC(=O)CCc1c(C)nc2c(c(C)nn2-c2ccc(C)c(C)c2)c1C. The van der Waals surface area contributed by atoms with Crippen molar-refractivity contribution >= 4 is 22.9 Å². The molecule has 0 unspecified atom stereocenters. The zero-order valence-corrected chi connectivity index (χ0v) is 23.1. The fraction of sp³-hybridized carbons (Fsp3) is 0.355. The molecule has 0 fully saturated rings. The molecule has 1 atom stereocenters. The standard InChI is InChI=1S/C31H36N4O3/c1-7-38-31(37)27(18-24-11-9-8-10-12-24)33-28(36)16-15-26-21(4)29-23(6)34-35(30(29)32-22(26)5)25-14-13-19(2)20(3)17-25/h8-14,17,27H,7,15-16,18H2,1-6H3,(H,33,36)/t27-/m0/s1. The Labute approximate surface area is 224 Å². The molecule has 0 aliphatic rings. The second kappa shape index (κ2) is 11.6. The third-order valence-electron chi connectivity index (χ3n) is 7.10. The van der Waals surface area contributed by atoms with E-state index in [1.165, 1.54) is 11.1 Å². The van der Waals surface area contributed by atoms with Crippen LogP contribution in [0.4, 0.5) is 0 Å². The number of pyridine rings is 1. The Kier molecular flexibility index (Phi) is 8.25. The van der Waals surface area contributed by atoms with E-state index in [9.17, 15) is 9.59 Å². The van der Waals surface area contributed by atoms with E-state index in [1.54, 1.807) is 6.92 Å². The van der Waals surface area contributed by atoms with Crippen LogP contribution in [0.5, 0.6) is 0 Å². The van der Waals surface area contributed by atoms with Crippen molar-refractivity contribution < 1.29 is 14.3 Å². The minimum absolute atomic E-state index is 0.194. The van der Waals surface area contributed by atoms with Gasteiger partial charge in [-0.15, -0.1) is 0 Å². The van der Waals surface area contributed by atoms with Gasteiger partial charge in [-0.3, -0.25) is 4.79 Å². The topological polar surface area (TPSA) is 86.1 Å². The van der Waals surface area contributed by atoms with Crippen molar-refractivity contribution in [3.05, 3.63) is 87.7 Å². The predicted molar refractivity (Wildman–Crippen MR) is 150 cm³/mol. The van der Waals surface area contributed by atoms with Crippen LogP contribution in [0.3, 0.4) is 0 Å². The van der Waals surface area contributed by atoms with Gasteiger partial charge in [0.2, 0.25) is 5.91 Å². The van der Waals surface area contributed by atoms with Crippen LogP contribution < -0.4 is 5.32 Å². The van der Waals surface area contributed by atoms with Crippen molar-refractivity contribution in [1.82, 2.24) is 20.1 Å². The van der Waals surface area contributed by atoms with Crippen molar-refractivity contribution in [2.75, 3.05) is 6.61 Å². The Morgan fingerprint density at radius 1 is 0.974 bits per heavy atom. The number of hydrogen-bond donors (Lipinski definition) is 1. The monoisotopic (exact) mass is 512 g/mol. The maximum atomic E-state index is 13.0. The van der Waals surface area contributed by atoms with E-state index in [4.69, 9.17) is 14.8 Å². The first-order valence-electron chi connectivity index (χ1n) is 13.1. The van der Waals surface area contributed by atoms with Crippen LogP contribution in [-0.4, -0.2) is 39.3 Å². The number of nitrogens with one attached hydrogen (secondary N) is 1. The molecule has 7 nitrogen and oxygen atoms in total. The second-order valence-electron chi connectivity index (χ2n) is 9.83. The predicted octanol–water partition coefficient (Wildman–Crippen LogP) is 5.19. The van der Waals surface area contributed by atoms with Crippen LogP contribution in [-0.2, 0) is 27.2 Å². The van der Waals surface area contributed by atoms with Gasteiger partial charge >= 0.3 is 5.97 Å². The van der Waals surface area contributed by atoms with Gasteiger partial charge in [0.15, 0.2) is 5.65 Å². The fourth-order valence-corrected chi connectivity index (χ4v) is 4.90. The quantitative estimate of drug-likeness (QED) is 0.312. The van der Waals surface area contributed by atoms with Crippen molar-refractivity contribution in [3.8, 4) is 5.69 Å². The summed E-state index contributed by atoms with van der Waals surface area (Å²) >= 11 is 0. The lowest BCUT2D eigenvalue weighted by molar-refractivity contribution is -0.147.